The number of hydrogen-bond donors (Lipinski definition) is 2. The smallest absolute Gasteiger partial charge is 0.255 e. The van der Waals surface area contributed by atoms with Crippen LogP contribution in [0.15, 0.2) is 78.9 Å². The van der Waals surface area contributed by atoms with Crippen LogP contribution in [0.1, 0.15) is 21.7 Å². The Labute approximate surface area is 186 Å². The minimum Gasteiger partial charge on any atom is -0.340 e. The minimum atomic E-state index is -0.210. The molecule has 1 heterocycles. The lowest BCUT2D eigenvalue weighted by molar-refractivity contribution is 0.102. The second kappa shape index (κ2) is 8.98. The molecule has 0 aliphatic carbocycles. The van der Waals surface area contributed by atoms with Gasteiger partial charge in [0.25, 0.3) is 5.91 Å². The van der Waals surface area contributed by atoms with Gasteiger partial charge in [-0.15, -0.1) is 0 Å². The van der Waals surface area contributed by atoms with Gasteiger partial charge in [0.1, 0.15) is 11.6 Å². The first-order valence-corrected chi connectivity index (χ1v) is 10.2. The molecule has 0 fully saturated rings. The minimum absolute atomic E-state index is 0.210. The fourth-order valence-corrected chi connectivity index (χ4v) is 3.39. The predicted octanol–water partition coefficient (Wildman–Crippen LogP) is 6.41. The van der Waals surface area contributed by atoms with Crippen molar-refractivity contribution in [3.05, 3.63) is 101 Å². The molecular weight excluding hydrogens is 408 g/mol. The lowest BCUT2D eigenvalue weighted by atomic mass is 10.1. The van der Waals surface area contributed by atoms with Gasteiger partial charge in [0, 0.05) is 33.6 Å². The first kappa shape index (κ1) is 20.6. The summed E-state index contributed by atoms with van der Waals surface area (Å²) < 4.78 is 0. The van der Waals surface area contributed by atoms with Crippen molar-refractivity contribution in [3.63, 3.8) is 0 Å². The van der Waals surface area contributed by atoms with Crippen LogP contribution in [0.5, 0.6) is 0 Å². The number of nitrogens with one attached hydrogen (secondary N) is 2. The molecule has 0 radical (unpaired) electrons. The van der Waals surface area contributed by atoms with Gasteiger partial charge < -0.3 is 10.6 Å². The Hall–Kier alpha value is -3.70. The Kier molecular flexibility index (Phi) is 5.96. The monoisotopic (exact) mass is 428 g/mol. The summed E-state index contributed by atoms with van der Waals surface area (Å²) in [4.78, 5) is 21.8. The van der Waals surface area contributed by atoms with E-state index in [1.54, 1.807) is 18.2 Å². The number of halogens is 1. The Morgan fingerprint density at radius 3 is 2.45 bits per heavy atom. The number of aromatic nitrogens is 2. The van der Waals surface area contributed by atoms with Crippen LogP contribution in [0.2, 0.25) is 5.02 Å². The van der Waals surface area contributed by atoms with Crippen LogP contribution in [0, 0.1) is 13.8 Å². The van der Waals surface area contributed by atoms with Crippen molar-refractivity contribution in [2.24, 2.45) is 0 Å². The third-order valence-corrected chi connectivity index (χ3v) is 5.23. The lowest BCUT2D eigenvalue weighted by Gasteiger charge is -2.12. The van der Waals surface area contributed by atoms with Crippen molar-refractivity contribution in [2.75, 3.05) is 10.6 Å². The highest BCUT2D eigenvalue weighted by Gasteiger charge is 2.11. The molecule has 0 aliphatic rings. The van der Waals surface area contributed by atoms with E-state index in [0.29, 0.717) is 27.9 Å². The molecule has 0 spiro atoms. The van der Waals surface area contributed by atoms with Crippen molar-refractivity contribution in [2.45, 2.75) is 13.8 Å². The zero-order chi connectivity index (χ0) is 21.8. The first-order valence-electron chi connectivity index (χ1n) is 9.84. The first-order chi connectivity index (χ1) is 15.0. The Bertz CT molecular complexity index is 1240. The van der Waals surface area contributed by atoms with E-state index in [1.165, 1.54) is 0 Å². The summed E-state index contributed by atoms with van der Waals surface area (Å²) in [6.07, 6.45) is 0. The molecule has 4 rings (SSSR count). The van der Waals surface area contributed by atoms with Crippen LogP contribution in [0.4, 0.5) is 17.2 Å². The molecule has 6 heteroatoms. The number of anilines is 3. The maximum absolute atomic E-state index is 12.8. The number of rotatable bonds is 5. The average Bonchev–Trinajstić information content (AvgIpc) is 2.77. The van der Waals surface area contributed by atoms with E-state index in [2.05, 4.69) is 20.6 Å². The van der Waals surface area contributed by atoms with Gasteiger partial charge in [-0.3, -0.25) is 4.79 Å². The summed E-state index contributed by atoms with van der Waals surface area (Å²) in [5.41, 5.74) is 4.65. The van der Waals surface area contributed by atoms with Gasteiger partial charge in [-0.05, 0) is 49.7 Å². The fourth-order valence-electron chi connectivity index (χ4n) is 3.21. The normalized spacial score (nSPS) is 10.5. The van der Waals surface area contributed by atoms with E-state index in [4.69, 9.17) is 11.6 Å². The molecule has 5 nitrogen and oxygen atoms in total. The number of benzene rings is 3. The molecule has 0 saturated heterocycles. The topological polar surface area (TPSA) is 66.9 Å². The van der Waals surface area contributed by atoms with Crippen LogP contribution < -0.4 is 10.6 Å². The summed E-state index contributed by atoms with van der Waals surface area (Å²) in [5, 5.41) is 6.82. The quantitative estimate of drug-likeness (QED) is 0.385. The number of aryl methyl sites for hydroxylation is 1. The Morgan fingerprint density at radius 1 is 0.871 bits per heavy atom. The molecule has 3 aromatic carbocycles. The molecule has 0 saturated carbocycles. The summed E-state index contributed by atoms with van der Waals surface area (Å²) in [6.45, 7) is 3.73. The largest absolute Gasteiger partial charge is 0.340 e. The maximum Gasteiger partial charge on any atom is 0.255 e. The molecule has 2 N–H and O–H groups in total. The summed E-state index contributed by atoms with van der Waals surface area (Å²) in [6, 6.07) is 24.5. The van der Waals surface area contributed by atoms with Crippen molar-refractivity contribution in [1.82, 2.24) is 9.97 Å². The SMILES string of the molecule is Cc1nc(Nc2cccc(C(=O)Nc3cccc(Cl)c3C)c2)cc(-c2ccccc2)n1. The third kappa shape index (κ3) is 4.90. The van der Waals surface area contributed by atoms with Gasteiger partial charge in [0.15, 0.2) is 0 Å². The maximum atomic E-state index is 12.8. The number of hydrogen-bond acceptors (Lipinski definition) is 4. The second-order valence-electron chi connectivity index (χ2n) is 7.12. The number of nitrogens with zero attached hydrogens (tertiary/aromatic N) is 2. The Balaban J connectivity index is 1.56. The molecule has 1 aromatic heterocycles. The second-order valence-corrected chi connectivity index (χ2v) is 7.53. The van der Waals surface area contributed by atoms with Crippen LogP contribution in [0.25, 0.3) is 11.3 Å². The zero-order valence-corrected chi connectivity index (χ0v) is 17.9. The summed E-state index contributed by atoms with van der Waals surface area (Å²) >= 11 is 6.16. The lowest BCUT2D eigenvalue weighted by Crippen LogP contribution is -2.13. The van der Waals surface area contributed by atoms with Gasteiger partial charge >= 0.3 is 0 Å². The van der Waals surface area contributed by atoms with Gasteiger partial charge in [0.2, 0.25) is 0 Å². The molecule has 0 aliphatic heterocycles. The summed E-state index contributed by atoms with van der Waals surface area (Å²) in [7, 11) is 0. The van der Waals surface area contributed by atoms with E-state index < -0.39 is 0 Å². The highest BCUT2D eigenvalue weighted by atomic mass is 35.5. The van der Waals surface area contributed by atoms with E-state index in [0.717, 1.165) is 22.5 Å². The molecule has 0 unspecified atom stereocenters. The molecule has 0 atom stereocenters. The van der Waals surface area contributed by atoms with Gasteiger partial charge in [-0.2, -0.15) is 0 Å². The Morgan fingerprint density at radius 2 is 1.65 bits per heavy atom. The van der Waals surface area contributed by atoms with Gasteiger partial charge in [0.05, 0.1) is 5.69 Å². The molecule has 4 aromatic rings. The van der Waals surface area contributed by atoms with E-state index in [-0.39, 0.29) is 5.91 Å². The van der Waals surface area contributed by atoms with Crippen molar-refractivity contribution in [1.29, 1.82) is 0 Å². The summed E-state index contributed by atoms with van der Waals surface area (Å²) in [5.74, 6) is 1.11. The van der Waals surface area contributed by atoms with Crippen LogP contribution >= 0.6 is 11.6 Å². The van der Waals surface area contributed by atoms with Crippen LogP contribution in [-0.4, -0.2) is 15.9 Å². The zero-order valence-electron chi connectivity index (χ0n) is 17.2. The van der Waals surface area contributed by atoms with Crippen molar-refractivity contribution in [3.8, 4) is 11.3 Å². The van der Waals surface area contributed by atoms with E-state index in [1.807, 2.05) is 74.5 Å². The average molecular weight is 429 g/mol. The fraction of sp³-hybridized carbons (Fsp3) is 0.0800. The van der Waals surface area contributed by atoms with E-state index in [9.17, 15) is 4.79 Å². The van der Waals surface area contributed by atoms with Crippen LogP contribution in [0.3, 0.4) is 0 Å². The standard InChI is InChI=1S/C25H21ClN4O/c1-16-21(26)12-7-13-22(16)30-25(31)19-10-6-11-20(14-19)29-24-15-23(27-17(2)28-24)18-8-4-3-5-9-18/h3-15H,1-2H3,(H,30,31)(H,27,28,29). The number of carbonyl (C=O) groups excluding carboxylic acids is 1. The highest BCUT2D eigenvalue weighted by Crippen LogP contribution is 2.25. The molecular formula is C25H21ClN4O. The van der Waals surface area contributed by atoms with Gasteiger partial charge in [-0.1, -0.05) is 54.1 Å². The number of carbonyl (C=O) groups is 1. The molecule has 0 bridgehead atoms. The van der Waals surface area contributed by atoms with E-state index >= 15 is 0 Å². The van der Waals surface area contributed by atoms with Gasteiger partial charge in [-0.25, -0.2) is 9.97 Å². The number of amides is 1. The van der Waals surface area contributed by atoms with Crippen molar-refractivity contribution < 1.29 is 4.79 Å². The third-order valence-electron chi connectivity index (χ3n) is 4.82. The molecule has 31 heavy (non-hydrogen) atoms. The molecule has 1 amide bonds. The highest BCUT2D eigenvalue weighted by molar-refractivity contribution is 6.31. The molecule has 154 valence electrons. The predicted molar refractivity (Wildman–Crippen MR) is 126 cm³/mol. The van der Waals surface area contributed by atoms with Crippen LogP contribution in [-0.2, 0) is 0 Å². The van der Waals surface area contributed by atoms with Crippen molar-refractivity contribution >= 4 is 34.7 Å².